The zero-order valence-corrected chi connectivity index (χ0v) is 36.6. The van der Waals surface area contributed by atoms with Gasteiger partial charge in [0.05, 0.1) is 36.2 Å². The van der Waals surface area contributed by atoms with Crippen molar-refractivity contribution in [2.75, 3.05) is 13.2 Å². The molecule has 9 atom stereocenters. The highest BCUT2D eigenvalue weighted by Crippen LogP contribution is 2.35. The summed E-state index contributed by atoms with van der Waals surface area (Å²) in [6, 6.07) is 2.59. The summed E-state index contributed by atoms with van der Waals surface area (Å²) in [6.07, 6.45) is 25.1. The number of hydrogen-bond donors (Lipinski definition) is 6. The zero-order chi connectivity index (χ0) is 39.9. The van der Waals surface area contributed by atoms with Gasteiger partial charge >= 0.3 is 0 Å². The van der Waals surface area contributed by atoms with E-state index in [0.717, 1.165) is 49.3 Å². The van der Waals surface area contributed by atoms with Crippen molar-refractivity contribution in [3.05, 3.63) is 4.91 Å². The number of aliphatic hydroxyl groups excluding tert-OH is 5. The van der Waals surface area contributed by atoms with Gasteiger partial charge in [-0.15, -0.1) is 5.43 Å². The van der Waals surface area contributed by atoms with E-state index < -0.39 is 63.5 Å². The molecule has 3 fully saturated rings. The van der Waals surface area contributed by atoms with E-state index in [4.69, 9.17) is 9.47 Å². The van der Waals surface area contributed by atoms with Crippen LogP contribution in [0.2, 0.25) is 25.2 Å². The van der Waals surface area contributed by atoms with Gasteiger partial charge in [0, 0.05) is 14.5 Å². The second-order valence-electron chi connectivity index (χ2n) is 18.8. The molecule has 3 aliphatic rings. The Labute approximate surface area is 336 Å². The molecule has 0 saturated carbocycles. The van der Waals surface area contributed by atoms with Crippen molar-refractivity contribution in [1.29, 1.82) is 0 Å². The van der Waals surface area contributed by atoms with Crippen molar-refractivity contribution in [1.82, 2.24) is 5.43 Å². The average molecular weight is 800 g/mol. The van der Waals surface area contributed by atoms with Crippen molar-refractivity contribution in [2.24, 2.45) is 11.8 Å². The highest BCUT2D eigenvalue weighted by Gasteiger charge is 2.49. The molecule has 0 spiro atoms. The van der Waals surface area contributed by atoms with Crippen molar-refractivity contribution >= 4 is 8.07 Å². The molecule has 0 aromatic rings. The van der Waals surface area contributed by atoms with Gasteiger partial charge in [-0.05, 0) is 18.8 Å². The molecule has 0 aliphatic carbocycles. The zero-order valence-electron chi connectivity index (χ0n) is 35.6. The third-order valence-corrected chi connectivity index (χ3v) is 16.7. The van der Waals surface area contributed by atoms with Gasteiger partial charge in [0.25, 0.3) is 0 Å². The van der Waals surface area contributed by atoms with Gasteiger partial charge in [-0.25, -0.2) is 0 Å². The SMILES string of the molecule is CCCCCCCCCCCCCCC[C@@H](O)[C@H](COC1OC(CO)C(O)C(O)C1O)C1CC(CCCCCCCCCCC2CC[Si](C)(C)CC2)N[N+]1=O. The lowest BCUT2D eigenvalue weighted by molar-refractivity contribution is -0.630. The minimum atomic E-state index is -1.54. The molecule has 10 nitrogen and oxygen atoms in total. The number of hydrazine groups is 1. The molecule has 324 valence electrons. The van der Waals surface area contributed by atoms with Gasteiger partial charge in [0.2, 0.25) is 6.04 Å². The van der Waals surface area contributed by atoms with Crippen molar-refractivity contribution < 1.29 is 39.9 Å². The standard InChI is InChI=1S/C44H87N2O8Si/c1-4-5-6-7-8-9-10-11-12-13-18-21-24-27-39(48)37(34-53-44-43(51)42(50)41(49)40(33-47)54-44)38-32-36(45-46(38)52)26-23-20-17-15-14-16-19-22-25-35-28-30-55(2,3)31-29-35/h35-44,47-51H,4-34H2,1-3H3,(H,45,52)/q+1/t36?,37-,38?,39-,40?,41?,42?,43?,44?/m1/s1. The van der Waals surface area contributed by atoms with Crippen LogP contribution in [-0.2, 0) is 9.47 Å². The Bertz CT molecular complexity index is 981. The second-order valence-corrected chi connectivity index (χ2v) is 24.1. The summed E-state index contributed by atoms with van der Waals surface area (Å²) in [4.78, 5) is 14.2. The average Bonchev–Trinajstić information content (AvgIpc) is 3.53. The van der Waals surface area contributed by atoms with Crippen molar-refractivity contribution in [3.63, 3.8) is 0 Å². The second kappa shape index (κ2) is 27.9. The van der Waals surface area contributed by atoms with E-state index in [0.29, 0.717) is 12.8 Å². The van der Waals surface area contributed by atoms with Gasteiger partial charge in [-0.2, -0.15) is 0 Å². The first-order valence-corrected chi connectivity index (χ1v) is 26.8. The third kappa shape index (κ3) is 18.9. The number of ether oxygens (including phenoxy) is 2. The Hall–Kier alpha value is -0.663. The summed E-state index contributed by atoms with van der Waals surface area (Å²) in [5.74, 6) is 0.457. The molecule has 7 unspecified atom stereocenters. The van der Waals surface area contributed by atoms with E-state index in [-0.39, 0.29) is 12.6 Å². The number of rotatable bonds is 31. The monoisotopic (exact) mass is 800 g/mol. The maximum atomic E-state index is 13.3. The molecule has 3 rings (SSSR count). The van der Waals surface area contributed by atoms with E-state index in [9.17, 15) is 30.4 Å². The summed E-state index contributed by atoms with van der Waals surface area (Å²) < 4.78 is 11.5. The lowest BCUT2D eigenvalue weighted by Crippen LogP contribution is -2.59. The Balaban J connectivity index is 1.35. The first kappa shape index (κ1) is 48.7. The van der Waals surface area contributed by atoms with Crippen LogP contribution in [0.25, 0.3) is 0 Å². The van der Waals surface area contributed by atoms with Gasteiger partial charge in [-0.3, -0.25) is 0 Å². The molecule has 3 heterocycles. The predicted molar refractivity (Wildman–Crippen MR) is 224 cm³/mol. The highest BCUT2D eigenvalue weighted by atomic mass is 28.3. The maximum Gasteiger partial charge on any atom is 0.244 e. The fourth-order valence-electron chi connectivity index (χ4n) is 9.35. The fraction of sp³-hybridized carbons (Fsp3) is 1.00. The molecule has 11 heteroatoms. The van der Waals surface area contributed by atoms with Crippen molar-refractivity contribution in [2.45, 2.75) is 254 Å². The highest BCUT2D eigenvalue weighted by molar-refractivity contribution is 6.77. The largest absolute Gasteiger partial charge is 0.394 e. The summed E-state index contributed by atoms with van der Waals surface area (Å²) in [5, 5.41) is 52.1. The van der Waals surface area contributed by atoms with E-state index in [1.807, 2.05) is 0 Å². The van der Waals surface area contributed by atoms with Crippen LogP contribution < -0.4 is 5.43 Å². The Morgan fingerprint density at radius 3 is 1.78 bits per heavy atom. The lowest BCUT2D eigenvalue weighted by Gasteiger charge is -2.40. The number of nitrogens with one attached hydrogen (secondary N) is 1. The number of aliphatic hydroxyl groups is 5. The minimum Gasteiger partial charge on any atom is -0.394 e. The van der Waals surface area contributed by atoms with Gasteiger partial charge in [-0.1, -0.05) is 186 Å². The molecule has 55 heavy (non-hydrogen) atoms. The van der Waals surface area contributed by atoms with Gasteiger partial charge in [0.1, 0.15) is 29.3 Å². The summed E-state index contributed by atoms with van der Waals surface area (Å²) in [5.41, 5.74) is 3.12. The van der Waals surface area contributed by atoms with Crippen LogP contribution in [0, 0.1) is 16.7 Å². The van der Waals surface area contributed by atoms with Crippen LogP contribution in [0.1, 0.15) is 180 Å². The first-order valence-electron chi connectivity index (χ1n) is 23.4. The topological polar surface area (TPSA) is 152 Å². The molecule has 3 saturated heterocycles. The van der Waals surface area contributed by atoms with Crippen LogP contribution in [0.3, 0.4) is 0 Å². The summed E-state index contributed by atoms with van der Waals surface area (Å²) >= 11 is 0. The first-order chi connectivity index (χ1) is 26.6. The third-order valence-electron chi connectivity index (χ3n) is 13.4. The van der Waals surface area contributed by atoms with Crippen LogP contribution in [0.15, 0.2) is 0 Å². The molecule has 0 bridgehead atoms. The Kier molecular flexibility index (Phi) is 24.7. The van der Waals surface area contributed by atoms with Crippen LogP contribution in [0.4, 0.5) is 0 Å². The van der Waals surface area contributed by atoms with E-state index in [1.54, 1.807) is 0 Å². The number of unbranched alkanes of at least 4 members (excludes halogenated alkanes) is 19. The molecular formula is C44H87N2O8Si+. The smallest absolute Gasteiger partial charge is 0.244 e. The Morgan fingerprint density at radius 2 is 1.24 bits per heavy atom. The lowest BCUT2D eigenvalue weighted by atomic mass is 9.87. The summed E-state index contributed by atoms with van der Waals surface area (Å²) in [7, 11) is -0.836. The summed E-state index contributed by atoms with van der Waals surface area (Å²) in [6.45, 7) is 6.77. The fourth-order valence-corrected chi connectivity index (χ4v) is 12.0. The van der Waals surface area contributed by atoms with Gasteiger partial charge in [0.15, 0.2) is 6.29 Å². The number of nitrogens with zero attached hydrogens (tertiary/aromatic N) is 1. The molecule has 3 aliphatic heterocycles. The molecule has 0 aromatic carbocycles. The van der Waals surface area contributed by atoms with Crippen molar-refractivity contribution in [3.8, 4) is 0 Å². The van der Waals surface area contributed by atoms with Crippen LogP contribution in [0.5, 0.6) is 0 Å². The predicted octanol–water partition coefficient (Wildman–Crippen LogP) is 8.71. The molecule has 0 amide bonds. The normalized spacial score (nSPS) is 28.4. The van der Waals surface area contributed by atoms with Crippen LogP contribution >= 0.6 is 0 Å². The number of hydrogen-bond acceptors (Lipinski definition) is 8. The molecule has 6 N–H and O–H groups in total. The van der Waals surface area contributed by atoms with E-state index >= 15 is 0 Å². The quantitative estimate of drug-likeness (QED) is 0.0230. The van der Waals surface area contributed by atoms with Gasteiger partial charge < -0.3 is 35.0 Å². The molecule has 0 radical (unpaired) electrons. The minimum absolute atomic E-state index is 0.0360. The maximum absolute atomic E-state index is 13.3. The molecule has 0 aromatic heterocycles. The van der Waals surface area contributed by atoms with E-state index in [1.165, 1.54) is 134 Å². The van der Waals surface area contributed by atoms with E-state index in [2.05, 4.69) is 25.4 Å². The molecular weight excluding hydrogens is 713 g/mol. The number of nitroso groups, excluding NO2 is 1. The Morgan fingerprint density at radius 1 is 0.727 bits per heavy atom. The van der Waals surface area contributed by atoms with Crippen LogP contribution in [-0.4, -0.2) is 101 Å².